The zero-order valence-corrected chi connectivity index (χ0v) is 10.6. The van der Waals surface area contributed by atoms with Gasteiger partial charge in [0.15, 0.2) is 0 Å². The van der Waals surface area contributed by atoms with Crippen LogP contribution in [0.15, 0.2) is 12.3 Å². The highest BCUT2D eigenvalue weighted by Gasteiger charge is 2.45. The molecule has 0 aromatic carbocycles. The van der Waals surface area contributed by atoms with E-state index in [0.717, 1.165) is 6.54 Å². The third-order valence-corrected chi connectivity index (χ3v) is 3.58. The molecule has 1 aromatic heterocycles. The highest BCUT2D eigenvalue weighted by atomic mass is 16.1. The summed E-state index contributed by atoms with van der Waals surface area (Å²) in [7, 11) is 0. The van der Waals surface area contributed by atoms with Crippen molar-refractivity contribution in [3.05, 3.63) is 23.5 Å². The van der Waals surface area contributed by atoms with Crippen LogP contribution in [0.5, 0.6) is 0 Å². The van der Waals surface area contributed by atoms with Gasteiger partial charge in [0.05, 0.1) is 23.1 Å². The standard InChI is InChI=1S/C13H19N3O/c1-8-11(4-10(14)7-15-8)12(17)16-6-9-5-13(9,2)3/h4,7,9H,5-6,14H2,1-3H3,(H,16,17). The number of carbonyl (C=O) groups is 1. The van der Waals surface area contributed by atoms with Gasteiger partial charge in [0.1, 0.15) is 0 Å². The Morgan fingerprint density at radius 3 is 2.88 bits per heavy atom. The summed E-state index contributed by atoms with van der Waals surface area (Å²) < 4.78 is 0. The zero-order valence-electron chi connectivity index (χ0n) is 10.6. The van der Waals surface area contributed by atoms with Crippen LogP contribution < -0.4 is 11.1 Å². The van der Waals surface area contributed by atoms with Crippen LogP contribution in [-0.4, -0.2) is 17.4 Å². The smallest absolute Gasteiger partial charge is 0.253 e. The molecular formula is C13H19N3O. The molecule has 0 spiro atoms. The summed E-state index contributed by atoms with van der Waals surface area (Å²) in [5.41, 5.74) is 7.83. The summed E-state index contributed by atoms with van der Waals surface area (Å²) in [6.45, 7) is 6.99. The molecule has 1 aliphatic rings. The Bertz CT molecular complexity index is 454. The SMILES string of the molecule is Cc1ncc(N)cc1C(=O)NCC1CC1(C)C. The number of pyridine rings is 1. The van der Waals surface area contributed by atoms with Crippen molar-refractivity contribution < 1.29 is 4.79 Å². The number of nitrogens with zero attached hydrogens (tertiary/aromatic N) is 1. The van der Waals surface area contributed by atoms with Gasteiger partial charge in [0.25, 0.3) is 5.91 Å². The van der Waals surface area contributed by atoms with Gasteiger partial charge in [-0.25, -0.2) is 0 Å². The maximum atomic E-state index is 12.0. The lowest BCUT2D eigenvalue weighted by Gasteiger charge is -2.08. The number of nitrogens with two attached hydrogens (primary N) is 1. The number of amides is 1. The maximum absolute atomic E-state index is 12.0. The summed E-state index contributed by atoms with van der Waals surface area (Å²) in [5.74, 6) is 0.519. The predicted octanol–water partition coefficient (Wildman–Crippen LogP) is 1.75. The van der Waals surface area contributed by atoms with Gasteiger partial charge in [-0.15, -0.1) is 0 Å². The average Bonchev–Trinajstić information content (AvgIpc) is 2.87. The minimum Gasteiger partial charge on any atom is -0.397 e. The summed E-state index contributed by atoms with van der Waals surface area (Å²) in [4.78, 5) is 16.0. The van der Waals surface area contributed by atoms with Gasteiger partial charge in [0, 0.05) is 6.54 Å². The van der Waals surface area contributed by atoms with E-state index in [1.165, 1.54) is 6.42 Å². The van der Waals surface area contributed by atoms with Crippen molar-refractivity contribution in [1.82, 2.24) is 10.3 Å². The van der Waals surface area contributed by atoms with E-state index in [4.69, 9.17) is 5.73 Å². The molecular weight excluding hydrogens is 214 g/mol. The lowest BCUT2D eigenvalue weighted by molar-refractivity contribution is 0.0949. The van der Waals surface area contributed by atoms with E-state index < -0.39 is 0 Å². The van der Waals surface area contributed by atoms with E-state index in [-0.39, 0.29) is 5.91 Å². The molecule has 17 heavy (non-hydrogen) atoms. The lowest BCUT2D eigenvalue weighted by atomic mass is 10.1. The highest BCUT2D eigenvalue weighted by molar-refractivity contribution is 5.95. The number of nitrogen functional groups attached to an aromatic ring is 1. The number of carbonyl (C=O) groups excluding carboxylic acids is 1. The van der Waals surface area contributed by atoms with Crippen molar-refractivity contribution in [2.75, 3.05) is 12.3 Å². The number of hydrogen-bond acceptors (Lipinski definition) is 3. The molecule has 2 rings (SSSR count). The molecule has 4 nitrogen and oxygen atoms in total. The molecule has 1 aliphatic carbocycles. The molecule has 1 saturated carbocycles. The van der Waals surface area contributed by atoms with Gasteiger partial charge in [-0.1, -0.05) is 13.8 Å². The van der Waals surface area contributed by atoms with Crippen molar-refractivity contribution >= 4 is 11.6 Å². The van der Waals surface area contributed by atoms with Crippen LogP contribution in [-0.2, 0) is 0 Å². The van der Waals surface area contributed by atoms with Gasteiger partial charge in [-0.3, -0.25) is 9.78 Å². The number of aryl methyl sites for hydroxylation is 1. The van der Waals surface area contributed by atoms with E-state index in [1.54, 1.807) is 12.3 Å². The second-order valence-electron chi connectivity index (χ2n) is 5.50. The molecule has 1 unspecified atom stereocenters. The van der Waals surface area contributed by atoms with Gasteiger partial charge in [-0.2, -0.15) is 0 Å². The minimum absolute atomic E-state index is 0.0787. The maximum Gasteiger partial charge on any atom is 0.253 e. The minimum atomic E-state index is -0.0787. The molecule has 0 radical (unpaired) electrons. The number of rotatable bonds is 3. The van der Waals surface area contributed by atoms with E-state index >= 15 is 0 Å². The van der Waals surface area contributed by atoms with Crippen molar-refractivity contribution in [1.29, 1.82) is 0 Å². The topological polar surface area (TPSA) is 68.0 Å². The van der Waals surface area contributed by atoms with Crippen molar-refractivity contribution in [3.8, 4) is 0 Å². The lowest BCUT2D eigenvalue weighted by Crippen LogP contribution is -2.27. The average molecular weight is 233 g/mol. The fourth-order valence-corrected chi connectivity index (χ4v) is 2.01. The normalized spacial score (nSPS) is 21.0. The summed E-state index contributed by atoms with van der Waals surface area (Å²) >= 11 is 0. The Kier molecular flexibility index (Phi) is 2.81. The fraction of sp³-hybridized carbons (Fsp3) is 0.538. The first-order valence-electron chi connectivity index (χ1n) is 5.90. The van der Waals surface area contributed by atoms with Crippen LogP contribution in [0.4, 0.5) is 5.69 Å². The molecule has 1 amide bonds. The predicted molar refractivity (Wildman–Crippen MR) is 67.6 cm³/mol. The Balaban J connectivity index is 1.98. The number of nitrogens with one attached hydrogen (secondary N) is 1. The molecule has 1 heterocycles. The first-order valence-corrected chi connectivity index (χ1v) is 5.90. The van der Waals surface area contributed by atoms with E-state index in [2.05, 4.69) is 24.1 Å². The van der Waals surface area contributed by atoms with Crippen molar-refractivity contribution in [2.24, 2.45) is 11.3 Å². The fourth-order valence-electron chi connectivity index (χ4n) is 2.01. The monoisotopic (exact) mass is 233 g/mol. The molecule has 0 aliphatic heterocycles. The van der Waals surface area contributed by atoms with Crippen LogP contribution in [0.3, 0.4) is 0 Å². The van der Waals surface area contributed by atoms with Crippen molar-refractivity contribution in [3.63, 3.8) is 0 Å². The molecule has 4 heteroatoms. The summed E-state index contributed by atoms with van der Waals surface area (Å²) in [6.07, 6.45) is 2.75. The third kappa shape index (κ3) is 2.57. The molecule has 0 saturated heterocycles. The van der Waals surface area contributed by atoms with Crippen LogP contribution >= 0.6 is 0 Å². The zero-order chi connectivity index (χ0) is 12.6. The number of anilines is 1. The van der Waals surface area contributed by atoms with Crippen LogP contribution in [0, 0.1) is 18.3 Å². The van der Waals surface area contributed by atoms with Crippen molar-refractivity contribution in [2.45, 2.75) is 27.2 Å². The molecule has 0 bridgehead atoms. The van der Waals surface area contributed by atoms with Gasteiger partial charge < -0.3 is 11.1 Å². The van der Waals surface area contributed by atoms with E-state index in [0.29, 0.717) is 28.3 Å². The largest absolute Gasteiger partial charge is 0.397 e. The molecule has 3 N–H and O–H groups in total. The highest BCUT2D eigenvalue weighted by Crippen LogP contribution is 2.50. The van der Waals surface area contributed by atoms with Gasteiger partial charge >= 0.3 is 0 Å². The Labute approximate surface area is 102 Å². The van der Waals surface area contributed by atoms with Crippen LogP contribution in [0.2, 0.25) is 0 Å². The molecule has 1 aromatic rings. The Hall–Kier alpha value is -1.58. The number of aromatic nitrogens is 1. The second kappa shape index (κ2) is 4.02. The Morgan fingerprint density at radius 2 is 2.29 bits per heavy atom. The second-order valence-corrected chi connectivity index (χ2v) is 5.50. The summed E-state index contributed by atoms with van der Waals surface area (Å²) in [5, 5.41) is 2.95. The van der Waals surface area contributed by atoms with Gasteiger partial charge in [0.2, 0.25) is 0 Å². The quantitative estimate of drug-likeness (QED) is 0.835. The van der Waals surface area contributed by atoms with Crippen LogP contribution in [0.25, 0.3) is 0 Å². The third-order valence-electron chi connectivity index (χ3n) is 3.58. The van der Waals surface area contributed by atoms with Crippen LogP contribution in [0.1, 0.15) is 36.3 Å². The van der Waals surface area contributed by atoms with E-state index in [9.17, 15) is 4.79 Å². The molecule has 1 fully saturated rings. The first-order chi connectivity index (χ1) is 7.90. The first kappa shape index (κ1) is 11.9. The molecule has 1 atom stereocenters. The Morgan fingerprint density at radius 1 is 1.65 bits per heavy atom. The van der Waals surface area contributed by atoms with Gasteiger partial charge in [-0.05, 0) is 30.7 Å². The molecule has 92 valence electrons. The van der Waals surface area contributed by atoms with E-state index in [1.807, 2.05) is 6.92 Å². The number of hydrogen-bond donors (Lipinski definition) is 2. The summed E-state index contributed by atoms with van der Waals surface area (Å²) in [6, 6.07) is 1.68.